The highest BCUT2D eigenvalue weighted by Gasteiger charge is 1.99. The van der Waals surface area contributed by atoms with Crippen LogP contribution in [0.5, 0.6) is 0 Å². The molecule has 1 atom stereocenters. The highest BCUT2D eigenvalue weighted by Crippen LogP contribution is 2.14. The maximum absolute atomic E-state index is 2.55. The van der Waals surface area contributed by atoms with E-state index in [9.17, 15) is 0 Å². The summed E-state index contributed by atoms with van der Waals surface area (Å²) in [7, 11) is 0. The molecule has 10 heavy (non-hydrogen) atoms. The van der Waals surface area contributed by atoms with Crippen molar-refractivity contribution >= 4 is 45.2 Å². The van der Waals surface area contributed by atoms with Crippen LogP contribution in [0.2, 0.25) is 0 Å². The van der Waals surface area contributed by atoms with Crippen LogP contribution in [0.4, 0.5) is 0 Å². The van der Waals surface area contributed by atoms with Gasteiger partial charge in [0.1, 0.15) is 0 Å². The number of hydrogen-bond acceptors (Lipinski definition) is 0. The Morgan fingerprint density at radius 3 is 2.40 bits per heavy atom. The third-order valence-corrected chi connectivity index (χ3v) is 5.35. The van der Waals surface area contributed by atoms with Gasteiger partial charge in [0.15, 0.2) is 0 Å². The molecule has 0 N–H and O–H groups in total. The Kier molecular flexibility index (Phi) is 9.80. The summed E-state index contributed by atoms with van der Waals surface area (Å²) < 4.78 is 2.22. The predicted molar refractivity (Wildman–Crippen MR) is 65.5 cm³/mol. The minimum absolute atomic E-state index is 0.912. The van der Waals surface area contributed by atoms with Crippen molar-refractivity contribution in [2.45, 2.75) is 43.0 Å². The Hall–Kier alpha value is 1.46. The van der Waals surface area contributed by atoms with Crippen molar-refractivity contribution < 1.29 is 0 Å². The van der Waals surface area contributed by atoms with Crippen LogP contribution in [0.3, 0.4) is 0 Å². The molecule has 2 heteroatoms. The molecule has 0 rings (SSSR count). The Labute approximate surface area is 91.8 Å². The summed E-state index contributed by atoms with van der Waals surface area (Å²) in [5, 5.41) is 0. The van der Waals surface area contributed by atoms with Gasteiger partial charge in [-0.05, 0) is 6.42 Å². The zero-order valence-electron chi connectivity index (χ0n) is 6.58. The molecule has 0 aromatic rings. The molecular formula is C8H16I2. The molecule has 0 saturated heterocycles. The lowest BCUT2D eigenvalue weighted by atomic mass is 10.1. The van der Waals surface area contributed by atoms with Crippen LogP contribution in [0.1, 0.15) is 39.0 Å². The molecule has 0 spiro atoms. The normalized spacial score (nSPS) is 13.5. The highest BCUT2D eigenvalue weighted by atomic mass is 127. The fourth-order valence-corrected chi connectivity index (χ4v) is 1.75. The number of alkyl halides is 2. The molecule has 0 aromatic carbocycles. The smallest absolute Gasteiger partial charge is 0.0199 e. The molecule has 0 aliphatic rings. The van der Waals surface area contributed by atoms with E-state index in [1.807, 2.05) is 0 Å². The van der Waals surface area contributed by atoms with E-state index in [0.29, 0.717) is 0 Å². The lowest BCUT2D eigenvalue weighted by Gasteiger charge is -2.03. The number of hydrogen-bond donors (Lipinski definition) is 0. The molecule has 0 amide bonds. The third-order valence-electron chi connectivity index (χ3n) is 1.54. The first-order chi connectivity index (χ1) is 4.81. The molecule has 62 valence electrons. The van der Waals surface area contributed by atoms with Gasteiger partial charge in [-0.3, -0.25) is 0 Å². The Bertz CT molecular complexity index is 64.3. The molecule has 0 nitrogen and oxygen atoms in total. The number of halogens is 2. The van der Waals surface area contributed by atoms with Gasteiger partial charge in [0, 0.05) is 8.35 Å². The van der Waals surface area contributed by atoms with Crippen LogP contribution in [-0.2, 0) is 0 Å². The zero-order chi connectivity index (χ0) is 7.82. The van der Waals surface area contributed by atoms with E-state index in [2.05, 4.69) is 52.1 Å². The maximum Gasteiger partial charge on any atom is 0.0199 e. The largest absolute Gasteiger partial charge is 0.0852 e. The maximum atomic E-state index is 2.55. The van der Waals surface area contributed by atoms with Gasteiger partial charge in [-0.15, -0.1) is 0 Å². The van der Waals surface area contributed by atoms with Crippen LogP contribution in [0.25, 0.3) is 0 Å². The van der Waals surface area contributed by atoms with Gasteiger partial charge in [0.05, 0.1) is 0 Å². The summed E-state index contributed by atoms with van der Waals surface area (Å²) in [6.45, 7) is 2.26. The van der Waals surface area contributed by atoms with Gasteiger partial charge in [0.2, 0.25) is 0 Å². The van der Waals surface area contributed by atoms with Crippen molar-refractivity contribution in [2.75, 3.05) is 4.43 Å². The lowest BCUT2D eigenvalue weighted by Crippen LogP contribution is -1.97. The summed E-state index contributed by atoms with van der Waals surface area (Å²) in [4.78, 5) is 0. The van der Waals surface area contributed by atoms with Gasteiger partial charge >= 0.3 is 0 Å². The second-order valence-corrected chi connectivity index (χ2v) is 5.24. The van der Waals surface area contributed by atoms with Crippen LogP contribution in [-0.4, -0.2) is 8.35 Å². The van der Waals surface area contributed by atoms with Crippen molar-refractivity contribution in [2.24, 2.45) is 0 Å². The summed E-state index contributed by atoms with van der Waals surface area (Å²) in [6.07, 6.45) is 7.07. The first kappa shape index (κ1) is 11.5. The Balaban J connectivity index is 2.89. The summed E-state index contributed by atoms with van der Waals surface area (Å²) in [5.74, 6) is 0. The SMILES string of the molecule is CCCCCCC(I)CI. The van der Waals surface area contributed by atoms with Crippen molar-refractivity contribution in [3.05, 3.63) is 0 Å². The Morgan fingerprint density at radius 1 is 1.20 bits per heavy atom. The summed E-state index contributed by atoms with van der Waals surface area (Å²) in [6, 6.07) is 0. The number of unbranched alkanes of at least 4 members (excludes halogenated alkanes) is 3. The van der Waals surface area contributed by atoms with E-state index in [1.54, 1.807) is 0 Å². The van der Waals surface area contributed by atoms with Gasteiger partial charge in [-0.2, -0.15) is 0 Å². The summed E-state index contributed by atoms with van der Waals surface area (Å²) in [5.41, 5.74) is 0. The second-order valence-electron chi connectivity index (χ2n) is 2.60. The Morgan fingerprint density at radius 2 is 1.90 bits per heavy atom. The van der Waals surface area contributed by atoms with Gasteiger partial charge in [0.25, 0.3) is 0 Å². The molecule has 0 aliphatic heterocycles. The topological polar surface area (TPSA) is 0 Å². The van der Waals surface area contributed by atoms with Crippen molar-refractivity contribution in [1.29, 1.82) is 0 Å². The van der Waals surface area contributed by atoms with Crippen LogP contribution in [0.15, 0.2) is 0 Å². The molecule has 0 heterocycles. The molecule has 0 aliphatic carbocycles. The van der Waals surface area contributed by atoms with Crippen molar-refractivity contribution in [3.8, 4) is 0 Å². The minimum Gasteiger partial charge on any atom is -0.0852 e. The molecule has 0 saturated carbocycles. The van der Waals surface area contributed by atoms with Crippen LogP contribution >= 0.6 is 45.2 Å². The van der Waals surface area contributed by atoms with E-state index in [-0.39, 0.29) is 0 Å². The highest BCUT2D eigenvalue weighted by molar-refractivity contribution is 14.1. The van der Waals surface area contributed by atoms with Gasteiger partial charge in [-0.25, -0.2) is 0 Å². The van der Waals surface area contributed by atoms with E-state index < -0.39 is 0 Å². The van der Waals surface area contributed by atoms with Crippen molar-refractivity contribution in [1.82, 2.24) is 0 Å². The summed E-state index contributed by atoms with van der Waals surface area (Å²) >= 11 is 5.02. The van der Waals surface area contributed by atoms with E-state index >= 15 is 0 Å². The lowest BCUT2D eigenvalue weighted by molar-refractivity contribution is 0.640. The average molecular weight is 366 g/mol. The van der Waals surface area contributed by atoms with Gasteiger partial charge in [-0.1, -0.05) is 77.8 Å². The monoisotopic (exact) mass is 366 g/mol. The standard InChI is InChI=1S/C8H16I2/c1-2-3-4-5-6-8(10)7-9/h8H,2-7H2,1H3. The van der Waals surface area contributed by atoms with E-state index in [4.69, 9.17) is 0 Å². The quantitative estimate of drug-likeness (QED) is 0.376. The first-order valence-electron chi connectivity index (χ1n) is 4.01. The fraction of sp³-hybridized carbons (Fsp3) is 1.00. The third kappa shape index (κ3) is 7.57. The van der Waals surface area contributed by atoms with E-state index in [1.165, 1.54) is 36.5 Å². The molecular weight excluding hydrogens is 350 g/mol. The fourth-order valence-electron chi connectivity index (χ4n) is 0.870. The first-order valence-corrected chi connectivity index (χ1v) is 6.78. The predicted octanol–water partition coefficient (Wildman–Crippen LogP) is 4.20. The molecule has 0 fully saturated rings. The molecule has 0 bridgehead atoms. The van der Waals surface area contributed by atoms with Gasteiger partial charge < -0.3 is 0 Å². The van der Waals surface area contributed by atoms with Crippen LogP contribution in [0, 0.1) is 0 Å². The van der Waals surface area contributed by atoms with Crippen LogP contribution < -0.4 is 0 Å². The van der Waals surface area contributed by atoms with E-state index in [0.717, 1.165) is 3.92 Å². The van der Waals surface area contributed by atoms with Crippen molar-refractivity contribution in [3.63, 3.8) is 0 Å². The average Bonchev–Trinajstić information content (AvgIpc) is 1.98. The molecule has 0 radical (unpaired) electrons. The second kappa shape index (κ2) is 8.56. The molecule has 0 aromatic heterocycles. The zero-order valence-corrected chi connectivity index (χ0v) is 10.9. The minimum atomic E-state index is 0.912. The molecule has 1 unspecified atom stereocenters. The number of rotatable bonds is 6.